The molecule has 5 heteroatoms. The molecule has 1 saturated heterocycles. The topological polar surface area (TPSA) is 9.23 Å². The molecule has 0 bridgehead atoms. The summed E-state index contributed by atoms with van der Waals surface area (Å²) in [6.45, 7) is 4.25. The maximum Gasteiger partial charge on any atom is 0.167 e. The normalized spacial score (nSPS) is 18.5. The summed E-state index contributed by atoms with van der Waals surface area (Å²) in [6.07, 6.45) is 7.07. The van der Waals surface area contributed by atoms with Gasteiger partial charge < -0.3 is 4.74 Å². The first-order chi connectivity index (χ1) is 16.4. The molecule has 3 aromatic rings. The SMILES string of the molecule is CC=CC1CCC(c2ccc(-c3ccc(-c4ccc(CCC)cc4)c(F)c3F)c(F)c2F)CO1. The van der Waals surface area contributed by atoms with Crippen LogP contribution in [0.4, 0.5) is 17.6 Å². The first kappa shape index (κ1) is 24.2. The summed E-state index contributed by atoms with van der Waals surface area (Å²) in [4.78, 5) is 0. The van der Waals surface area contributed by atoms with E-state index in [9.17, 15) is 8.78 Å². The van der Waals surface area contributed by atoms with Crippen molar-refractivity contribution in [1.29, 1.82) is 0 Å². The minimum Gasteiger partial charge on any atom is -0.374 e. The smallest absolute Gasteiger partial charge is 0.167 e. The Bertz CT molecular complexity index is 1180. The van der Waals surface area contributed by atoms with Crippen molar-refractivity contribution in [1.82, 2.24) is 0 Å². The lowest BCUT2D eigenvalue weighted by atomic mass is 9.89. The number of halogens is 4. The van der Waals surface area contributed by atoms with Crippen molar-refractivity contribution in [2.45, 2.75) is 51.6 Å². The highest BCUT2D eigenvalue weighted by Crippen LogP contribution is 2.37. The van der Waals surface area contributed by atoms with Crippen LogP contribution in [0.25, 0.3) is 22.3 Å². The molecule has 0 amide bonds. The fraction of sp³-hybridized carbons (Fsp3) is 0.310. The Morgan fingerprint density at radius 3 is 2.03 bits per heavy atom. The molecule has 0 radical (unpaired) electrons. The van der Waals surface area contributed by atoms with Crippen molar-refractivity contribution in [3.8, 4) is 22.3 Å². The van der Waals surface area contributed by atoms with Crippen LogP contribution in [0.1, 0.15) is 50.2 Å². The third-order valence-corrected chi connectivity index (χ3v) is 6.45. The molecule has 3 aromatic carbocycles. The van der Waals surface area contributed by atoms with E-state index in [0.717, 1.165) is 18.4 Å². The molecule has 1 aliphatic heterocycles. The fourth-order valence-electron chi connectivity index (χ4n) is 4.59. The fourth-order valence-corrected chi connectivity index (χ4v) is 4.59. The van der Waals surface area contributed by atoms with Gasteiger partial charge in [-0.2, -0.15) is 0 Å². The van der Waals surface area contributed by atoms with E-state index in [0.29, 0.717) is 18.4 Å². The summed E-state index contributed by atoms with van der Waals surface area (Å²) in [7, 11) is 0. The second kappa shape index (κ2) is 10.6. The maximum absolute atomic E-state index is 15.0. The summed E-state index contributed by atoms with van der Waals surface area (Å²) in [5.41, 5.74) is 1.31. The van der Waals surface area contributed by atoms with E-state index in [1.807, 2.05) is 31.2 Å². The van der Waals surface area contributed by atoms with Crippen LogP contribution >= 0.6 is 0 Å². The molecule has 0 aromatic heterocycles. The summed E-state index contributed by atoms with van der Waals surface area (Å²) in [5.74, 6) is -4.78. The van der Waals surface area contributed by atoms with Crippen LogP contribution in [0, 0.1) is 23.3 Å². The lowest BCUT2D eigenvalue weighted by Gasteiger charge is -2.28. The van der Waals surface area contributed by atoms with E-state index in [1.165, 1.54) is 24.3 Å². The monoisotopic (exact) mass is 468 g/mol. The summed E-state index contributed by atoms with van der Waals surface area (Å²) >= 11 is 0. The Hall–Kier alpha value is -2.92. The van der Waals surface area contributed by atoms with Crippen molar-refractivity contribution in [2.75, 3.05) is 6.61 Å². The van der Waals surface area contributed by atoms with Crippen LogP contribution in [-0.2, 0) is 11.2 Å². The average Bonchev–Trinajstić information content (AvgIpc) is 2.85. The number of benzene rings is 3. The third kappa shape index (κ3) is 4.80. The largest absolute Gasteiger partial charge is 0.374 e. The van der Waals surface area contributed by atoms with Crippen molar-refractivity contribution in [2.24, 2.45) is 0 Å². The van der Waals surface area contributed by atoms with Crippen LogP contribution in [0.5, 0.6) is 0 Å². The lowest BCUT2D eigenvalue weighted by Crippen LogP contribution is -2.24. The van der Waals surface area contributed by atoms with E-state index < -0.39 is 23.3 Å². The Kier molecular flexibility index (Phi) is 7.52. The van der Waals surface area contributed by atoms with Crippen molar-refractivity contribution in [3.05, 3.63) is 95.1 Å². The standard InChI is InChI=1S/C29H28F4O/c1-3-5-18-7-9-19(10-8-18)22-13-15-24(28(32)26(22)30)25-16-14-23(27(31)29(25)33)20-11-12-21(6-4-2)34-17-20/h4,6-10,13-16,20-21H,3,5,11-12,17H2,1-2H3. The molecule has 1 fully saturated rings. The molecule has 2 atom stereocenters. The van der Waals surface area contributed by atoms with Gasteiger partial charge in [0.25, 0.3) is 0 Å². The average molecular weight is 469 g/mol. The summed E-state index contributed by atoms with van der Waals surface area (Å²) in [5, 5.41) is 0. The van der Waals surface area contributed by atoms with Gasteiger partial charge in [0, 0.05) is 22.6 Å². The predicted molar refractivity (Wildman–Crippen MR) is 128 cm³/mol. The zero-order valence-corrected chi connectivity index (χ0v) is 19.4. The van der Waals surface area contributed by atoms with Gasteiger partial charge in [0.15, 0.2) is 23.3 Å². The molecular formula is C29H28F4O. The van der Waals surface area contributed by atoms with Crippen LogP contribution < -0.4 is 0 Å². The van der Waals surface area contributed by atoms with E-state index in [1.54, 1.807) is 12.1 Å². The van der Waals surface area contributed by atoms with Crippen molar-refractivity contribution < 1.29 is 22.3 Å². The lowest BCUT2D eigenvalue weighted by molar-refractivity contribution is 0.0317. The molecule has 0 aliphatic carbocycles. The highest BCUT2D eigenvalue weighted by atomic mass is 19.2. The van der Waals surface area contributed by atoms with E-state index in [-0.39, 0.29) is 40.9 Å². The maximum atomic E-state index is 15.0. The first-order valence-electron chi connectivity index (χ1n) is 11.7. The zero-order chi connectivity index (χ0) is 24.2. The molecule has 1 aliphatic rings. The van der Waals surface area contributed by atoms with Crippen LogP contribution in [0.2, 0.25) is 0 Å². The second-order valence-electron chi connectivity index (χ2n) is 8.74. The number of aryl methyl sites for hydroxylation is 1. The highest BCUT2D eigenvalue weighted by molar-refractivity contribution is 5.72. The van der Waals surface area contributed by atoms with Gasteiger partial charge >= 0.3 is 0 Å². The van der Waals surface area contributed by atoms with Gasteiger partial charge in [0.2, 0.25) is 0 Å². The van der Waals surface area contributed by atoms with Gasteiger partial charge in [0.05, 0.1) is 12.7 Å². The molecule has 2 unspecified atom stereocenters. The molecular weight excluding hydrogens is 440 g/mol. The van der Waals surface area contributed by atoms with Gasteiger partial charge in [-0.3, -0.25) is 0 Å². The number of ether oxygens (including phenoxy) is 1. The molecule has 34 heavy (non-hydrogen) atoms. The summed E-state index contributed by atoms with van der Waals surface area (Å²) < 4.78 is 65.7. The van der Waals surface area contributed by atoms with Gasteiger partial charge in [-0.05, 0) is 42.9 Å². The van der Waals surface area contributed by atoms with Gasteiger partial charge in [-0.25, -0.2) is 17.6 Å². The van der Waals surface area contributed by atoms with Gasteiger partial charge in [-0.15, -0.1) is 0 Å². The van der Waals surface area contributed by atoms with Crippen LogP contribution in [0.15, 0.2) is 60.7 Å². The van der Waals surface area contributed by atoms with E-state index in [2.05, 4.69) is 6.92 Å². The Morgan fingerprint density at radius 2 is 1.41 bits per heavy atom. The number of hydrogen-bond donors (Lipinski definition) is 0. The van der Waals surface area contributed by atoms with Crippen LogP contribution in [-0.4, -0.2) is 12.7 Å². The third-order valence-electron chi connectivity index (χ3n) is 6.45. The molecule has 4 rings (SSSR count). The molecule has 1 heterocycles. The van der Waals surface area contributed by atoms with Crippen molar-refractivity contribution in [3.63, 3.8) is 0 Å². The Morgan fingerprint density at radius 1 is 0.794 bits per heavy atom. The molecule has 178 valence electrons. The zero-order valence-electron chi connectivity index (χ0n) is 19.4. The Labute approximate surface area is 198 Å². The molecule has 0 saturated carbocycles. The molecule has 0 N–H and O–H groups in total. The first-order valence-corrected chi connectivity index (χ1v) is 11.7. The predicted octanol–water partition coefficient (Wildman–Crippen LogP) is 8.37. The van der Waals surface area contributed by atoms with Gasteiger partial charge in [0.1, 0.15) is 0 Å². The second-order valence-corrected chi connectivity index (χ2v) is 8.74. The Balaban J connectivity index is 1.62. The van der Waals surface area contributed by atoms with E-state index >= 15 is 8.78 Å². The van der Waals surface area contributed by atoms with E-state index in [4.69, 9.17) is 4.74 Å². The molecule has 1 nitrogen and oxygen atoms in total. The quantitative estimate of drug-likeness (QED) is 0.261. The number of hydrogen-bond acceptors (Lipinski definition) is 1. The highest BCUT2D eigenvalue weighted by Gasteiger charge is 2.27. The minimum absolute atomic E-state index is 0.0214. The minimum atomic E-state index is -1.20. The van der Waals surface area contributed by atoms with Crippen LogP contribution in [0.3, 0.4) is 0 Å². The van der Waals surface area contributed by atoms with Gasteiger partial charge in [-0.1, -0.05) is 74.0 Å². The molecule has 0 spiro atoms. The number of rotatable bonds is 6. The van der Waals surface area contributed by atoms with Crippen molar-refractivity contribution >= 4 is 0 Å². The summed E-state index contributed by atoms with van der Waals surface area (Å²) in [6, 6.07) is 12.7. The number of allylic oxidation sites excluding steroid dienone is 1.